The molecule has 0 aliphatic rings. The van der Waals surface area contributed by atoms with Crippen molar-refractivity contribution < 1.29 is 23.8 Å². The van der Waals surface area contributed by atoms with Gasteiger partial charge in [-0.1, -0.05) is 49.6 Å². The molecule has 2 aromatic rings. The Bertz CT molecular complexity index is 1090. The maximum atomic E-state index is 12.7. The summed E-state index contributed by atoms with van der Waals surface area (Å²) in [7, 11) is 1.47. The van der Waals surface area contributed by atoms with Crippen molar-refractivity contribution in [2.45, 2.75) is 33.2 Å². The molecule has 0 bridgehead atoms. The van der Waals surface area contributed by atoms with E-state index in [1.54, 1.807) is 18.2 Å². The van der Waals surface area contributed by atoms with Crippen molar-refractivity contribution >= 4 is 29.6 Å². The Hall–Kier alpha value is -3.70. The van der Waals surface area contributed by atoms with E-state index in [1.165, 1.54) is 13.3 Å². The molecule has 2 N–H and O–H groups in total. The third kappa shape index (κ3) is 8.87. The number of hydrazone groups is 1. The third-order valence-electron chi connectivity index (χ3n) is 4.75. The molecular formula is C26H30ClN3O5. The SMILES string of the molecule is C#CCOc1c(Cl)cc(/C=N\NC(=O)[C@@H](CC(C)C)NC(=O)COc2ccccc2C)cc1OC. The number of methoxy groups -OCH3 is 1. The number of amides is 2. The van der Waals surface area contributed by atoms with Gasteiger partial charge in [0, 0.05) is 0 Å². The molecule has 0 aliphatic heterocycles. The van der Waals surface area contributed by atoms with E-state index in [1.807, 2.05) is 39.0 Å². The molecule has 186 valence electrons. The zero-order valence-electron chi connectivity index (χ0n) is 20.3. The highest BCUT2D eigenvalue weighted by Crippen LogP contribution is 2.36. The average Bonchev–Trinajstić information content (AvgIpc) is 2.81. The highest BCUT2D eigenvalue weighted by atomic mass is 35.5. The van der Waals surface area contributed by atoms with Crippen LogP contribution in [0, 0.1) is 25.2 Å². The smallest absolute Gasteiger partial charge is 0.262 e. The van der Waals surface area contributed by atoms with Gasteiger partial charge in [0.2, 0.25) is 0 Å². The van der Waals surface area contributed by atoms with Crippen LogP contribution in [0.4, 0.5) is 0 Å². The second-order valence-corrected chi connectivity index (χ2v) is 8.47. The monoisotopic (exact) mass is 499 g/mol. The summed E-state index contributed by atoms with van der Waals surface area (Å²) in [6, 6.07) is 9.85. The molecule has 0 aromatic heterocycles. The Kier molecular flexibility index (Phi) is 10.9. The van der Waals surface area contributed by atoms with E-state index in [0.717, 1.165) is 5.56 Å². The fourth-order valence-corrected chi connectivity index (χ4v) is 3.39. The van der Waals surface area contributed by atoms with Gasteiger partial charge in [0.25, 0.3) is 11.8 Å². The Morgan fingerprint density at radius 1 is 1.20 bits per heavy atom. The first-order valence-electron chi connectivity index (χ1n) is 11.0. The summed E-state index contributed by atoms with van der Waals surface area (Å²) in [5.74, 6) is 2.97. The van der Waals surface area contributed by atoms with Crippen LogP contribution >= 0.6 is 11.6 Å². The Balaban J connectivity index is 2.01. The molecule has 2 rings (SSSR count). The summed E-state index contributed by atoms with van der Waals surface area (Å²) in [6.45, 7) is 5.64. The Morgan fingerprint density at radius 3 is 2.60 bits per heavy atom. The van der Waals surface area contributed by atoms with Gasteiger partial charge in [-0.3, -0.25) is 9.59 Å². The van der Waals surface area contributed by atoms with Gasteiger partial charge in [0.15, 0.2) is 18.1 Å². The largest absolute Gasteiger partial charge is 0.493 e. The summed E-state index contributed by atoms with van der Waals surface area (Å²) < 4.78 is 16.3. The van der Waals surface area contributed by atoms with E-state index in [9.17, 15) is 9.59 Å². The third-order valence-corrected chi connectivity index (χ3v) is 5.03. The standard InChI is InChI=1S/C26H30ClN3O5/c1-6-11-34-25-20(27)13-19(14-23(25)33-5)15-28-30-26(32)21(12-17(2)3)29-24(31)16-35-22-10-8-7-9-18(22)4/h1,7-10,13-15,17,21H,11-12,16H2,2-5H3,(H,29,31)(H,30,32)/b28-15-/t21-/m1/s1. The number of benzene rings is 2. The number of ether oxygens (including phenoxy) is 3. The summed E-state index contributed by atoms with van der Waals surface area (Å²) in [5.41, 5.74) is 3.95. The van der Waals surface area contributed by atoms with E-state index < -0.39 is 17.9 Å². The molecule has 0 unspecified atom stereocenters. The Morgan fingerprint density at radius 2 is 1.94 bits per heavy atom. The zero-order chi connectivity index (χ0) is 25.8. The highest BCUT2D eigenvalue weighted by molar-refractivity contribution is 6.32. The molecule has 0 heterocycles. The Labute approximate surface area is 211 Å². The maximum Gasteiger partial charge on any atom is 0.262 e. The minimum Gasteiger partial charge on any atom is -0.493 e. The van der Waals surface area contributed by atoms with Gasteiger partial charge >= 0.3 is 0 Å². The lowest BCUT2D eigenvalue weighted by molar-refractivity contribution is -0.130. The molecule has 8 nitrogen and oxygen atoms in total. The van der Waals surface area contributed by atoms with Gasteiger partial charge in [0.1, 0.15) is 18.4 Å². The van der Waals surface area contributed by atoms with Crippen LogP contribution in [0.25, 0.3) is 0 Å². The molecule has 0 saturated carbocycles. The fourth-order valence-electron chi connectivity index (χ4n) is 3.12. The number of terminal acetylenes is 1. The second kappa shape index (κ2) is 13.9. The number of carbonyl (C=O) groups excluding carboxylic acids is 2. The van der Waals surface area contributed by atoms with Gasteiger partial charge in [0.05, 0.1) is 18.3 Å². The van der Waals surface area contributed by atoms with Gasteiger partial charge in [-0.15, -0.1) is 6.42 Å². The normalized spacial score (nSPS) is 11.6. The van der Waals surface area contributed by atoms with Crippen LogP contribution in [-0.2, 0) is 9.59 Å². The second-order valence-electron chi connectivity index (χ2n) is 8.06. The average molecular weight is 500 g/mol. The minimum absolute atomic E-state index is 0.0402. The van der Waals surface area contributed by atoms with Crippen molar-refractivity contribution in [3.63, 3.8) is 0 Å². The van der Waals surface area contributed by atoms with Crippen LogP contribution in [-0.4, -0.2) is 44.4 Å². The molecule has 0 radical (unpaired) electrons. The van der Waals surface area contributed by atoms with Crippen molar-refractivity contribution in [2.75, 3.05) is 20.3 Å². The van der Waals surface area contributed by atoms with Crippen molar-refractivity contribution in [3.8, 4) is 29.6 Å². The first-order valence-corrected chi connectivity index (χ1v) is 11.4. The van der Waals surface area contributed by atoms with Crippen LogP contribution in [0.1, 0.15) is 31.4 Å². The summed E-state index contributed by atoms with van der Waals surface area (Å²) in [4.78, 5) is 25.2. The van der Waals surface area contributed by atoms with Crippen molar-refractivity contribution in [3.05, 3.63) is 52.5 Å². The van der Waals surface area contributed by atoms with Crippen molar-refractivity contribution in [1.82, 2.24) is 10.7 Å². The molecule has 2 amide bonds. The van der Waals surface area contributed by atoms with E-state index in [-0.39, 0.29) is 24.2 Å². The number of aryl methyl sites for hydroxylation is 1. The molecule has 9 heteroatoms. The van der Waals surface area contributed by atoms with Crippen molar-refractivity contribution in [2.24, 2.45) is 11.0 Å². The molecule has 0 fully saturated rings. The number of para-hydroxylation sites is 1. The topological polar surface area (TPSA) is 98.2 Å². The first-order chi connectivity index (χ1) is 16.7. The predicted octanol–water partition coefficient (Wildman–Crippen LogP) is 3.73. The van der Waals surface area contributed by atoms with Crippen LogP contribution in [0.5, 0.6) is 17.2 Å². The van der Waals surface area contributed by atoms with Gasteiger partial charge in [-0.05, 0) is 48.6 Å². The summed E-state index contributed by atoms with van der Waals surface area (Å²) in [5, 5.41) is 7.00. The molecular weight excluding hydrogens is 470 g/mol. The zero-order valence-corrected chi connectivity index (χ0v) is 21.0. The van der Waals surface area contributed by atoms with Gasteiger partial charge < -0.3 is 19.5 Å². The van der Waals surface area contributed by atoms with Crippen LogP contribution < -0.4 is 25.0 Å². The number of nitrogens with one attached hydrogen (secondary N) is 2. The first kappa shape index (κ1) is 27.5. The van der Waals surface area contributed by atoms with E-state index in [2.05, 4.69) is 21.8 Å². The number of hydrogen-bond donors (Lipinski definition) is 2. The number of carbonyl (C=O) groups is 2. The minimum atomic E-state index is -0.780. The molecule has 1 atom stereocenters. The maximum absolute atomic E-state index is 12.7. The van der Waals surface area contributed by atoms with Crippen molar-refractivity contribution in [1.29, 1.82) is 0 Å². The summed E-state index contributed by atoms with van der Waals surface area (Å²) in [6.07, 6.45) is 7.06. The molecule has 2 aromatic carbocycles. The lowest BCUT2D eigenvalue weighted by atomic mass is 10.0. The highest BCUT2D eigenvalue weighted by Gasteiger charge is 2.22. The van der Waals surface area contributed by atoms with Crippen LogP contribution in [0.3, 0.4) is 0 Å². The van der Waals surface area contributed by atoms with Gasteiger partial charge in [-0.25, -0.2) is 5.43 Å². The molecule has 0 saturated heterocycles. The molecule has 0 aliphatic carbocycles. The van der Waals surface area contributed by atoms with E-state index in [4.69, 9.17) is 32.2 Å². The lowest BCUT2D eigenvalue weighted by Gasteiger charge is -2.19. The van der Waals surface area contributed by atoms with Crippen LogP contribution in [0.15, 0.2) is 41.5 Å². The lowest BCUT2D eigenvalue weighted by Crippen LogP contribution is -2.47. The molecule has 35 heavy (non-hydrogen) atoms. The summed E-state index contributed by atoms with van der Waals surface area (Å²) >= 11 is 6.26. The number of nitrogens with zero attached hydrogens (tertiary/aromatic N) is 1. The fraction of sp³-hybridized carbons (Fsp3) is 0.346. The predicted molar refractivity (Wildman–Crippen MR) is 136 cm³/mol. The van der Waals surface area contributed by atoms with Gasteiger partial charge in [-0.2, -0.15) is 5.10 Å². The van der Waals surface area contributed by atoms with E-state index >= 15 is 0 Å². The quantitative estimate of drug-likeness (QED) is 0.263. The van der Waals surface area contributed by atoms with E-state index in [0.29, 0.717) is 29.2 Å². The number of rotatable bonds is 12. The number of hydrogen-bond acceptors (Lipinski definition) is 6. The molecule has 0 spiro atoms. The number of halogens is 1. The van der Waals surface area contributed by atoms with Crippen LogP contribution in [0.2, 0.25) is 5.02 Å².